The van der Waals surface area contributed by atoms with Gasteiger partial charge in [-0.3, -0.25) is 4.79 Å². The fourth-order valence-corrected chi connectivity index (χ4v) is 2.25. The summed E-state index contributed by atoms with van der Waals surface area (Å²) >= 11 is 0. The zero-order valence-electron chi connectivity index (χ0n) is 10.5. The van der Waals surface area contributed by atoms with Crippen molar-refractivity contribution in [3.63, 3.8) is 0 Å². The van der Waals surface area contributed by atoms with Crippen molar-refractivity contribution in [1.82, 2.24) is 4.90 Å². The summed E-state index contributed by atoms with van der Waals surface area (Å²) < 4.78 is 0. The maximum absolute atomic E-state index is 12.1. The van der Waals surface area contributed by atoms with Crippen LogP contribution < -0.4 is 5.32 Å². The first kappa shape index (κ1) is 12.6. The minimum atomic E-state index is 0.0689. The highest BCUT2D eigenvalue weighted by Crippen LogP contribution is 2.17. The number of likely N-dealkylation sites (tertiary alicyclic amines) is 1. The van der Waals surface area contributed by atoms with E-state index >= 15 is 0 Å². The van der Waals surface area contributed by atoms with Gasteiger partial charge >= 0.3 is 0 Å². The largest absolute Gasteiger partial charge is 0.326 e. The molecule has 1 saturated heterocycles. The standard InChI is InChI=1S/C14H17N3O/c1-17-8-2-3-12(10-17)14(18)16-13-6-4-11(9-15)5-7-13/h4-7,12H,2-3,8,10H2,1H3,(H,16,18). The van der Waals surface area contributed by atoms with Crippen LogP contribution in [-0.2, 0) is 4.79 Å². The number of hydrogen-bond donors (Lipinski definition) is 1. The molecule has 0 bridgehead atoms. The molecule has 4 heteroatoms. The van der Waals surface area contributed by atoms with Crippen molar-refractivity contribution in [2.75, 3.05) is 25.5 Å². The van der Waals surface area contributed by atoms with Gasteiger partial charge in [0.25, 0.3) is 0 Å². The Kier molecular flexibility index (Phi) is 3.96. The van der Waals surface area contributed by atoms with Crippen molar-refractivity contribution in [2.24, 2.45) is 5.92 Å². The first-order valence-corrected chi connectivity index (χ1v) is 6.18. The van der Waals surface area contributed by atoms with Crippen LogP contribution in [-0.4, -0.2) is 30.9 Å². The number of nitriles is 1. The lowest BCUT2D eigenvalue weighted by molar-refractivity contribution is -0.121. The van der Waals surface area contributed by atoms with Gasteiger partial charge in [0.15, 0.2) is 0 Å². The van der Waals surface area contributed by atoms with Gasteiger partial charge < -0.3 is 10.2 Å². The number of nitrogens with one attached hydrogen (secondary N) is 1. The molecule has 94 valence electrons. The summed E-state index contributed by atoms with van der Waals surface area (Å²) in [5.41, 5.74) is 1.36. The maximum atomic E-state index is 12.1. The highest BCUT2D eigenvalue weighted by molar-refractivity contribution is 5.92. The van der Waals surface area contributed by atoms with Gasteiger partial charge in [0.1, 0.15) is 0 Å². The minimum Gasteiger partial charge on any atom is -0.326 e. The van der Waals surface area contributed by atoms with E-state index < -0.39 is 0 Å². The number of anilines is 1. The molecule has 18 heavy (non-hydrogen) atoms. The number of carbonyl (C=O) groups excluding carboxylic acids is 1. The molecule has 0 spiro atoms. The molecule has 0 radical (unpaired) electrons. The van der Waals surface area contributed by atoms with E-state index in [-0.39, 0.29) is 11.8 Å². The molecule has 4 nitrogen and oxygen atoms in total. The lowest BCUT2D eigenvalue weighted by Crippen LogP contribution is -2.38. The van der Waals surface area contributed by atoms with Crippen LogP contribution in [0, 0.1) is 17.2 Å². The summed E-state index contributed by atoms with van der Waals surface area (Å²) in [6.45, 7) is 1.89. The summed E-state index contributed by atoms with van der Waals surface area (Å²) in [6, 6.07) is 9.01. The van der Waals surface area contributed by atoms with Gasteiger partial charge in [0.2, 0.25) is 5.91 Å². The molecule has 1 N–H and O–H groups in total. The Morgan fingerprint density at radius 1 is 1.44 bits per heavy atom. The maximum Gasteiger partial charge on any atom is 0.228 e. The molecule has 1 unspecified atom stereocenters. The van der Waals surface area contributed by atoms with Crippen LogP contribution in [0.5, 0.6) is 0 Å². The zero-order chi connectivity index (χ0) is 13.0. The number of benzene rings is 1. The third kappa shape index (κ3) is 3.08. The molecular formula is C14H17N3O. The second-order valence-corrected chi connectivity index (χ2v) is 4.78. The van der Waals surface area contributed by atoms with Crippen LogP contribution >= 0.6 is 0 Å². The van der Waals surface area contributed by atoms with E-state index in [9.17, 15) is 4.79 Å². The molecular weight excluding hydrogens is 226 g/mol. The predicted octanol–water partition coefficient (Wildman–Crippen LogP) is 1.84. The Balaban J connectivity index is 1.96. The summed E-state index contributed by atoms with van der Waals surface area (Å²) in [4.78, 5) is 14.3. The lowest BCUT2D eigenvalue weighted by Gasteiger charge is -2.28. The molecule has 1 aromatic carbocycles. The SMILES string of the molecule is CN1CCCC(C(=O)Nc2ccc(C#N)cc2)C1. The van der Waals surface area contributed by atoms with E-state index in [4.69, 9.17) is 5.26 Å². The quantitative estimate of drug-likeness (QED) is 0.862. The fourth-order valence-electron chi connectivity index (χ4n) is 2.25. The van der Waals surface area contributed by atoms with Gasteiger partial charge in [0, 0.05) is 12.2 Å². The van der Waals surface area contributed by atoms with Gasteiger partial charge in [-0.2, -0.15) is 5.26 Å². The second-order valence-electron chi connectivity index (χ2n) is 4.78. The number of amides is 1. The zero-order valence-corrected chi connectivity index (χ0v) is 10.5. The summed E-state index contributed by atoms with van der Waals surface area (Å²) in [5, 5.41) is 11.6. The van der Waals surface area contributed by atoms with Crippen LogP contribution in [0.3, 0.4) is 0 Å². The molecule has 1 heterocycles. The van der Waals surface area contributed by atoms with E-state index in [1.165, 1.54) is 0 Å². The van der Waals surface area contributed by atoms with E-state index in [2.05, 4.69) is 16.3 Å². The summed E-state index contributed by atoms with van der Waals surface area (Å²) in [7, 11) is 2.04. The fraction of sp³-hybridized carbons (Fsp3) is 0.429. The van der Waals surface area contributed by atoms with Gasteiger partial charge in [-0.15, -0.1) is 0 Å². The Labute approximate surface area is 107 Å². The molecule has 1 aromatic rings. The Morgan fingerprint density at radius 2 is 2.17 bits per heavy atom. The molecule has 0 saturated carbocycles. The summed E-state index contributed by atoms with van der Waals surface area (Å²) in [6.07, 6.45) is 2.02. The van der Waals surface area contributed by atoms with E-state index in [1.807, 2.05) is 7.05 Å². The van der Waals surface area contributed by atoms with Crippen LogP contribution in [0.2, 0.25) is 0 Å². The number of carbonyl (C=O) groups is 1. The first-order valence-electron chi connectivity index (χ1n) is 6.18. The van der Waals surface area contributed by atoms with Crippen LogP contribution in [0.4, 0.5) is 5.69 Å². The molecule has 1 amide bonds. The smallest absolute Gasteiger partial charge is 0.228 e. The highest BCUT2D eigenvalue weighted by atomic mass is 16.1. The number of hydrogen-bond acceptors (Lipinski definition) is 3. The first-order chi connectivity index (χ1) is 8.69. The average Bonchev–Trinajstić information content (AvgIpc) is 2.39. The molecule has 2 rings (SSSR count). The molecule has 1 fully saturated rings. The number of rotatable bonds is 2. The molecule has 0 aromatic heterocycles. The summed E-state index contributed by atoms with van der Waals surface area (Å²) in [5.74, 6) is 0.144. The van der Waals surface area contributed by atoms with E-state index in [0.717, 1.165) is 31.6 Å². The van der Waals surface area contributed by atoms with Crippen LogP contribution in [0.15, 0.2) is 24.3 Å². The third-order valence-corrected chi connectivity index (χ3v) is 3.28. The third-order valence-electron chi connectivity index (χ3n) is 3.28. The average molecular weight is 243 g/mol. The van der Waals surface area contributed by atoms with Gasteiger partial charge in [-0.25, -0.2) is 0 Å². The Bertz CT molecular complexity index is 461. The van der Waals surface area contributed by atoms with Crippen LogP contribution in [0.25, 0.3) is 0 Å². The van der Waals surface area contributed by atoms with Crippen molar-refractivity contribution in [3.05, 3.63) is 29.8 Å². The van der Waals surface area contributed by atoms with Crippen molar-refractivity contribution in [2.45, 2.75) is 12.8 Å². The highest BCUT2D eigenvalue weighted by Gasteiger charge is 2.23. The van der Waals surface area contributed by atoms with Gasteiger partial charge in [0.05, 0.1) is 17.6 Å². The Morgan fingerprint density at radius 3 is 2.78 bits per heavy atom. The van der Waals surface area contributed by atoms with Gasteiger partial charge in [-0.1, -0.05) is 0 Å². The molecule has 1 aliphatic rings. The Hall–Kier alpha value is -1.86. The number of nitrogens with zero attached hydrogens (tertiary/aromatic N) is 2. The topological polar surface area (TPSA) is 56.1 Å². The van der Waals surface area contributed by atoms with Crippen molar-refractivity contribution >= 4 is 11.6 Å². The van der Waals surface area contributed by atoms with Crippen molar-refractivity contribution in [3.8, 4) is 6.07 Å². The van der Waals surface area contributed by atoms with E-state index in [0.29, 0.717) is 5.56 Å². The molecule has 0 aliphatic carbocycles. The lowest BCUT2D eigenvalue weighted by atomic mass is 9.97. The predicted molar refractivity (Wildman–Crippen MR) is 70.0 cm³/mol. The van der Waals surface area contributed by atoms with E-state index in [1.54, 1.807) is 24.3 Å². The van der Waals surface area contributed by atoms with Gasteiger partial charge in [-0.05, 0) is 50.7 Å². The monoisotopic (exact) mass is 243 g/mol. The minimum absolute atomic E-state index is 0.0689. The van der Waals surface area contributed by atoms with Crippen molar-refractivity contribution < 1.29 is 4.79 Å². The van der Waals surface area contributed by atoms with Crippen molar-refractivity contribution in [1.29, 1.82) is 5.26 Å². The number of piperidine rings is 1. The molecule has 1 atom stereocenters. The molecule has 1 aliphatic heterocycles. The normalized spacial score (nSPS) is 20.1. The second kappa shape index (κ2) is 5.65. The van der Waals surface area contributed by atoms with Crippen LogP contribution in [0.1, 0.15) is 18.4 Å².